The highest BCUT2D eigenvalue weighted by Crippen LogP contribution is 2.18. The summed E-state index contributed by atoms with van der Waals surface area (Å²) in [7, 11) is 3.00. The first-order valence-electron chi connectivity index (χ1n) is 9.40. The Bertz CT molecular complexity index is 1230. The van der Waals surface area contributed by atoms with Crippen LogP contribution in [0.25, 0.3) is 11.2 Å². The highest BCUT2D eigenvalue weighted by atomic mass is 16.6. The molecule has 11 nitrogen and oxygen atoms in total. The van der Waals surface area contributed by atoms with Gasteiger partial charge in [-0.15, -0.1) is 0 Å². The Morgan fingerprint density at radius 3 is 2.47 bits per heavy atom. The number of hydrogen-bond donors (Lipinski definition) is 1. The van der Waals surface area contributed by atoms with E-state index in [1.54, 1.807) is 23.7 Å². The molecule has 0 aliphatic carbocycles. The summed E-state index contributed by atoms with van der Waals surface area (Å²) in [5.41, 5.74) is 3.21. The minimum atomic E-state index is -0.471. The molecule has 11 heteroatoms. The number of aryl methyl sites for hydroxylation is 2. The minimum Gasteiger partial charge on any atom is -0.303 e. The van der Waals surface area contributed by atoms with E-state index < -0.39 is 16.2 Å². The number of nitro benzene ring substituents is 1. The molecule has 0 aliphatic heterocycles. The Hall–Kier alpha value is -3.76. The van der Waals surface area contributed by atoms with Gasteiger partial charge < -0.3 is 4.57 Å². The molecule has 0 saturated heterocycles. The number of imidazole rings is 1. The quantitative estimate of drug-likeness (QED) is 0.357. The zero-order chi connectivity index (χ0) is 22.0. The lowest BCUT2D eigenvalue weighted by Gasteiger charge is -2.10. The van der Waals surface area contributed by atoms with E-state index in [1.165, 1.54) is 30.0 Å². The Kier molecular flexibility index (Phi) is 5.81. The lowest BCUT2D eigenvalue weighted by molar-refractivity contribution is -0.384. The largest absolute Gasteiger partial charge is 0.332 e. The van der Waals surface area contributed by atoms with Crippen molar-refractivity contribution in [3.05, 3.63) is 60.8 Å². The van der Waals surface area contributed by atoms with E-state index in [0.717, 1.165) is 11.0 Å². The molecule has 2 heterocycles. The molecule has 0 fully saturated rings. The van der Waals surface area contributed by atoms with Crippen molar-refractivity contribution in [2.24, 2.45) is 25.1 Å². The Morgan fingerprint density at radius 1 is 1.20 bits per heavy atom. The van der Waals surface area contributed by atoms with Gasteiger partial charge in [-0.1, -0.05) is 13.8 Å². The molecule has 158 valence electrons. The van der Waals surface area contributed by atoms with Gasteiger partial charge in [0.2, 0.25) is 5.95 Å². The number of rotatable bonds is 7. The highest BCUT2D eigenvalue weighted by molar-refractivity contribution is 5.81. The number of anilines is 1. The van der Waals surface area contributed by atoms with Crippen LogP contribution in [0.3, 0.4) is 0 Å². The molecule has 30 heavy (non-hydrogen) atoms. The van der Waals surface area contributed by atoms with Crippen LogP contribution in [0.1, 0.15) is 25.8 Å². The first-order valence-corrected chi connectivity index (χ1v) is 9.40. The maximum absolute atomic E-state index is 12.7. The molecule has 0 atom stereocenters. The van der Waals surface area contributed by atoms with Gasteiger partial charge in [-0.2, -0.15) is 10.1 Å². The molecule has 3 aromatic rings. The van der Waals surface area contributed by atoms with E-state index in [9.17, 15) is 19.7 Å². The fourth-order valence-electron chi connectivity index (χ4n) is 2.98. The Balaban J connectivity index is 1.99. The molecule has 2 aromatic heterocycles. The van der Waals surface area contributed by atoms with Gasteiger partial charge in [0.1, 0.15) is 0 Å². The van der Waals surface area contributed by atoms with E-state index >= 15 is 0 Å². The maximum Gasteiger partial charge on any atom is 0.332 e. The number of aromatic nitrogens is 4. The molecule has 0 bridgehead atoms. The van der Waals surface area contributed by atoms with Gasteiger partial charge in [0.25, 0.3) is 11.2 Å². The van der Waals surface area contributed by atoms with Gasteiger partial charge in [-0.3, -0.25) is 24.0 Å². The van der Waals surface area contributed by atoms with Crippen molar-refractivity contribution in [1.29, 1.82) is 0 Å². The molecular formula is C19H23N7O4. The summed E-state index contributed by atoms with van der Waals surface area (Å²) in [6.45, 7) is 4.68. The predicted octanol–water partition coefficient (Wildman–Crippen LogP) is 1.83. The fourth-order valence-corrected chi connectivity index (χ4v) is 2.98. The minimum absolute atomic E-state index is 0.00708. The van der Waals surface area contributed by atoms with Crippen molar-refractivity contribution in [3.8, 4) is 0 Å². The van der Waals surface area contributed by atoms with Crippen LogP contribution in [0, 0.1) is 16.0 Å². The number of fused-ring (bicyclic) bond motifs is 1. The number of nitrogens with zero attached hydrogens (tertiary/aromatic N) is 6. The van der Waals surface area contributed by atoms with Crippen molar-refractivity contribution < 1.29 is 4.92 Å². The van der Waals surface area contributed by atoms with Crippen molar-refractivity contribution in [2.75, 3.05) is 5.43 Å². The van der Waals surface area contributed by atoms with E-state index in [4.69, 9.17) is 0 Å². The van der Waals surface area contributed by atoms with Crippen LogP contribution in [0.4, 0.5) is 11.6 Å². The van der Waals surface area contributed by atoms with Crippen LogP contribution >= 0.6 is 0 Å². The second kappa shape index (κ2) is 8.31. The zero-order valence-corrected chi connectivity index (χ0v) is 17.2. The van der Waals surface area contributed by atoms with Crippen LogP contribution in [0.5, 0.6) is 0 Å². The summed E-state index contributed by atoms with van der Waals surface area (Å²) >= 11 is 0. The summed E-state index contributed by atoms with van der Waals surface area (Å²) in [6.07, 6.45) is 2.30. The molecule has 0 saturated carbocycles. The summed E-state index contributed by atoms with van der Waals surface area (Å²) in [5.74, 6) is 0.734. The number of non-ortho nitro benzene ring substituents is 1. The number of nitrogens with one attached hydrogen (secondary N) is 1. The van der Waals surface area contributed by atoms with E-state index in [2.05, 4.69) is 29.4 Å². The van der Waals surface area contributed by atoms with E-state index in [1.807, 2.05) is 0 Å². The SMILES string of the molecule is CC(C)CCn1c(NN=Cc2ccc([N+](=O)[O-])cc2)nc2c1c(=O)n(C)c(=O)n2C. The second-order valence-electron chi connectivity index (χ2n) is 7.37. The molecule has 0 unspecified atom stereocenters. The lowest BCUT2D eigenvalue weighted by Crippen LogP contribution is -2.37. The third-order valence-electron chi connectivity index (χ3n) is 4.76. The monoisotopic (exact) mass is 413 g/mol. The molecular weight excluding hydrogens is 390 g/mol. The third kappa shape index (κ3) is 4.00. The molecule has 3 rings (SSSR count). The number of hydrogen-bond acceptors (Lipinski definition) is 7. The molecule has 1 aromatic carbocycles. The van der Waals surface area contributed by atoms with E-state index in [-0.39, 0.29) is 11.3 Å². The van der Waals surface area contributed by atoms with Crippen molar-refractivity contribution in [2.45, 2.75) is 26.8 Å². The normalized spacial score (nSPS) is 11.6. The average molecular weight is 413 g/mol. The average Bonchev–Trinajstić information content (AvgIpc) is 3.08. The van der Waals surface area contributed by atoms with E-state index in [0.29, 0.717) is 29.5 Å². The van der Waals surface area contributed by atoms with Crippen LogP contribution in [-0.2, 0) is 20.6 Å². The topological polar surface area (TPSA) is 129 Å². The summed E-state index contributed by atoms with van der Waals surface area (Å²) in [4.78, 5) is 39.7. The first kappa shape index (κ1) is 21.0. The lowest BCUT2D eigenvalue weighted by atomic mass is 10.1. The summed E-state index contributed by atoms with van der Waals surface area (Å²) < 4.78 is 4.11. The van der Waals surface area contributed by atoms with Gasteiger partial charge in [-0.25, -0.2) is 10.2 Å². The molecule has 1 N–H and O–H groups in total. The van der Waals surface area contributed by atoms with Gasteiger partial charge >= 0.3 is 5.69 Å². The Morgan fingerprint density at radius 2 is 1.87 bits per heavy atom. The number of benzene rings is 1. The van der Waals surface area contributed by atoms with Crippen molar-refractivity contribution >= 4 is 29.0 Å². The molecule has 0 radical (unpaired) electrons. The molecule has 0 spiro atoms. The van der Waals surface area contributed by atoms with Gasteiger partial charge in [0, 0.05) is 32.8 Å². The van der Waals surface area contributed by atoms with Crippen molar-refractivity contribution in [3.63, 3.8) is 0 Å². The van der Waals surface area contributed by atoms with Crippen molar-refractivity contribution in [1.82, 2.24) is 18.7 Å². The molecule has 0 aliphatic rings. The highest BCUT2D eigenvalue weighted by Gasteiger charge is 2.19. The maximum atomic E-state index is 12.7. The fraction of sp³-hybridized carbons (Fsp3) is 0.368. The van der Waals surface area contributed by atoms with Gasteiger partial charge in [-0.05, 0) is 30.0 Å². The van der Waals surface area contributed by atoms with Gasteiger partial charge in [0.05, 0.1) is 11.1 Å². The third-order valence-corrected chi connectivity index (χ3v) is 4.76. The predicted molar refractivity (Wildman–Crippen MR) is 114 cm³/mol. The first-order chi connectivity index (χ1) is 14.2. The summed E-state index contributed by atoms with van der Waals surface area (Å²) in [5, 5.41) is 14.9. The second-order valence-corrected chi connectivity index (χ2v) is 7.37. The van der Waals surface area contributed by atoms with Crippen LogP contribution in [0.15, 0.2) is 39.0 Å². The van der Waals surface area contributed by atoms with Crippen LogP contribution in [-0.4, -0.2) is 29.8 Å². The number of hydrazone groups is 1. The Labute approximate surface area is 171 Å². The van der Waals surface area contributed by atoms with Crippen LogP contribution < -0.4 is 16.7 Å². The molecule has 0 amide bonds. The van der Waals surface area contributed by atoms with Gasteiger partial charge in [0.15, 0.2) is 11.2 Å². The zero-order valence-electron chi connectivity index (χ0n) is 17.2. The standard InChI is InChI=1S/C19H23N7O4/c1-12(2)9-10-25-15-16(23(3)19(28)24(4)17(15)27)21-18(25)22-20-11-13-5-7-14(8-6-13)26(29)30/h5-8,11-12H,9-10H2,1-4H3,(H,21,22). The smallest absolute Gasteiger partial charge is 0.303 e. The summed E-state index contributed by atoms with van der Waals surface area (Å²) in [6, 6.07) is 5.92. The van der Waals surface area contributed by atoms with Crippen LogP contribution in [0.2, 0.25) is 0 Å². The number of nitro groups is 1.